The number of carbonyl (C=O) groups is 1. The summed E-state index contributed by atoms with van der Waals surface area (Å²) in [5.41, 5.74) is 2.15. The Kier molecular flexibility index (Phi) is 1.94. The van der Waals surface area contributed by atoms with E-state index in [0.717, 1.165) is 5.56 Å². The van der Waals surface area contributed by atoms with Gasteiger partial charge in [0.15, 0.2) is 0 Å². The smallest absolute Gasteiger partial charge is 0.277 e. The summed E-state index contributed by atoms with van der Waals surface area (Å²) < 4.78 is 0. The third kappa shape index (κ3) is 1.38. The molecule has 3 heteroatoms. The van der Waals surface area contributed by atoms with Crippen molar-refractivity contribution in [1.29, 1.82) is 0 Å². The van der Waals surface area contributed by atoms with Crippen LogP contribution in [0, 0.1) is 0 Å². The summed E-state index contributed by atoms with van der Waals surface area (Å²) in [7, 11) is 0. The van der Waals surface area contributed by atoms with Crippen LogP contribution in [0.4, 0.5) is 0 Å². The topological polar surface area (TPSA) is 49.7 Å². The van der Waals surface area contributed by atoms with Crippen molar-refractivity contribution in [1.82, 2.24) is 0 Å². The van der Waals surface area contributed by atoms with Gasteiger partial charge in [-0.25, -0.2) is 4.99 Å². The molecule has 3 nitrogen and oxygen atoms in total. The number of hydrogen-bond acceptors (Lipinski definition) is 2. The van der Waals surface area contributed by atoms with Gasteiger partial charge in [0.1, 0.15) is 0 Å². The molecule has 0 fully saturated rings. The van der Waals surface area contributed by atoms with E-state index >= 15 is 0 Å². The summed E-state index contributed by atoms with van der Waals surface area (Å²) in [6, 6.07) is 7.34. The Hall–Kier alpha value is -1.48. The van der Waals surface area contributed by atoms with Crippen LogP contribution in [-0.4, -0.2) is 23.3 Å². The highest BCUT2D eigenvalue weighted by atomic mass is 16.3. The highest BCUT2D eigenvalue weighted by Crippen LogP contribution is 2.16. The molecule has 66 valence electrons. The third-order valence-corrected chi connectivity index (χ3v) is 2.08. The molecular weight excluding hydrogens is 166 g/mol. The molecule has 2 rings (SSSR count). The molecule has 1 N–H and O–H groups in total. The summed E-state index contributed by atoms with van der Waals surface area (Å²) in [5.74, 6) is -0.245. The molecular formula is C10H9NO2. The Bertz CT molecular complexity index is 382. The van der Waals surface area contributed by atoms with Crippen molar-refractivity contribution in [2.24, 2.45) is 4.99 Å². The van der Waals surface area contributed by atoms with E-state index in [9.17, 15) is 4.79 Å². The lowest BCUT2D eigenvalue weighted by Gasteiger charge is -2.12. The minimum absolute atomic E-state index is 0.139. The molecule has 0 aromatic heterocycles. The first-order chi connectivity index (χ1) is 6.31. The Morgan fingerprint density at radius 1 is 1.38 bits per heavy atom. The molecule has 0 radical (unpaired) electrons. The van der Waals surface area contributed by atoms with Gasteiger partial charge < -0.3 is 5.11 Å². The quantitative estimate of drug-likeness (QED) is 0.686. The molecule has 1 aromatic rings. The Labute approximate surface area is 75.7 Å². The second-order valence-electron chi connectivity index (χ2n) is 2.98. The van der Waals surface area contributed by atoms with E-state index in [4.69, 9.17) is 5.11 Å². The summed E-state index contributed by atoms with van der Waals surface area (Å²) in [5, 5.41) is 8.85. The lowest BCUT2D eigenvalue weighted by molar-refractivity contribution is 0.0999. The van der Waals surface area contributed by atoms with Gasteiger partial charge in [-0.3, -0.25) is 4.79 Å². The van der Waals surface area contributed by atoms with E-state index in [1.54, 1.807) is 6.07 Å². The first kappa shape index (κ1) is 8.13. The number of aliphatic hydroxyl groups is 1. The molecule has 1 heterocycles. The lowest BCUT2D eigenvalue weighted by Crippen LogP contribution is -2.18. The van der Waals surface area contributed by atoms with Crippen molar-refractivity contribution in [2.45, 2.75) is 6.42 Å². The Morgan fingerprint density at radius 3 is 2.92 bits per heavy atom. The normalized spacial score (nSPS) is 15.2. The number of aliphatic imine (C=N–C) groups is 1. The van der Waals surface area contributed by atoms with E-state index in [0.29, 0.717) is 17.7 Å². The Balaban J connectivity index is 2.46. The standard InChI is InChI=1S/C10H9NO2/c12-6-8-5-7-3-1-2-4-9(7)10(13)11-8/h1-4,12H,5-6H2. The highest BCUT2D eigenvalue weighted by Gasteiger charge is 2.17. The van der Waals surface area contributed by atoms with E-state index in [1.807, 2.05) is 18.2 Å². The van der Waals surface area contributed by atoms with Gasteiger partial charge in [-0.2, -0.15) is 0 Å². The summed E-state index contributed by atoms with van der Waals surface area (Å²) in [4.78, 5) is 15.1. The number of aliphatic hydroxyl groups excluding tert-OH is 1. The predicted molar refractivity (Wildman–Crippen MR) is 49.0 cm³/mol. The summed E-state index contributed by atoms with van der Waals surface area (Å²) in [6.45, 7) is -0.139. The van der Waals surface area contributed by atoms with Crippen LogP contribution in [0.2, 0.25) is 0 Å². The van der Waals surface area contributed by atoms with Crippen molar-refractivity contribution in [3.8, 4) is 0 Å². The molecule has 0 aliphatic carbocycles. The summed E-state index contributed by atoms with van der Waals surface area (Å²) in [6.07, 6.45) is 0.582. The first-order valence-corrected chi connectivity index (χ1v) is 4.11. The van der Waals surface area contributed by atoms with Gasteiger partial charge in [0.2, 0.25) is 0 Å². The lowest BCUT2D eigenvalue weighted by atomic mass is 9.99. The molecule has 1 aromatic carbocycles. The Morgan fingerprint density at radius 2 is 2.15 bits per heavy atom. The zero-order valence-corrected chi connectivity index (χ0v) is 7.03. The minimum Gasteiger partial charge on any atom is -0.390 e. The number of carbonyl (C=O) groups excluding carboxylic acids is 1. The number of benzene rings is 1. The molecule has 13 heavy (non-hydrogen) atoms. The van der Waals surface area contributed by atoms with Gasteiger partial charge in [0.25, 0.3) is 5.91 Å². The van der Waals surface area contributed by atoms with Crippen LogP contribution in [0.25, 0.3) is 0 Å². The van der Waals surface area contributed by atoms with Gasteiger partial charge in [-0.05, 0) is 11.6 Å². The van der Waals surface area contributed by atoms with Crippen LogP contribution in [0.3, 0.4) is 0 Å². The SMILES string of the molecule is O=C1N=C(CO)Cc2ccccc21. The van der Waals surface area contributed by atoms with Gasteiger partial charge in [0, 0.05) is 12.0 Å². The van der Waals surface area contributed by atoms with Crippen LogP contribution >= 0.6 is 0 Å². The zero-order valence-electron chi connectivity index (χ0n) is 7.03. The maximum atomic E-state index is 11.4. The maximum absolute atomic E-state index is 11.4. The van der Waals surface area contributed by atoms with Crippen molar-refractivity contribution >= 4 is 11.6 Å². The fourth-order valence-corrected chi connectivity index (χ4v) is 1.44. The fraction of sp³-hybridized carbons (Fsp3) is 0.200. The molecule has 0 saturated heterocycles. The molecule has 1 amide bonds. The largest absolute Gasteiger partial charge is 0.390 e. The number of amides is 1. The molecule has 1 aliphatic heterocycles. The fourth-order valence-electron chi connectivity index (χ4n) is 1.44. The second kappa shape index (κ2) is 3.11. The van der Waals surface area contributed by atoms with Gasteiger partial charge in [-0.15, -0.1) is 0 Å². The van der Waals surface area contributed by atoms with E-state index in [2.05, 4.69) is 4.99 Å². The van der Waals surface area contributed by atoms with Crippen molar-refractivity contribution in [3.05, 3.63) is 35.4 Å². The molecule has 0 spiro atoms. The van der Waals surface area contributed by atoms with E-state index in [-0.39, 0.29) is 12.5 Å². The highest BCUT2D eigenvalue weighted by molar-refractivity contribution is 6.09. The third-order valence-electron chi connectivity index (χ3n) is 2.08. The van der Waals surface area contributed by atoms with Gasteiger partial charge >= 0.3 is 0 Å². The number of nitrogens with zero attached hydrogens (tertiary/aromatic N) is 1. The minimum atomic E-state index is -0.245. The monoisotopic (exact) mass is 175 g/mol. The van der Waals surface area contributed by atoms with E-state index in [1.165, 1.54) is 0 Å². The molecule has 0 saturated carbocycles. The van der Waals surface area contributed by atoms with Crippen molar-refractivity contribution < 1.29 is 9.90 Å². The van der Waals surface area contributed by atoms with E-state index < -0.39 is 0 Å². The van der Waals surface area contributed by atoms with Crippen molar-refractivity contribution in [2.75, 3.05) is 6.61 Å². The maximum Gasteiger partial charge on any atom is 0.277 e. The predicted octanol–water partition coefficient (Wildman–Crippen LogP) is 0.816. The van der Waals surface area contributed by atoms with Gasteiger partial charge in [-0.1, -0.05) is 18.2 Å². The number of fused-ring (bicyclic) bond motifs is 1. The molecule has 0 unspecified atom stereocenters. The zero-order chi connectivity index (χ0) is 9.26. The average Bonchev–Trinajstić information content (AvgIpc) is 2.18. The van der Waals surface area contributed by atoms with Crippen LogP contribution in [-0.2, 0) is 6.42 Å². The number of rotatable bonds is 1. The van der Waals surface area contributed by atoms with Crippen LogP contribution < -0.4 is 0 Å². The molecule has 1 aliphatic rings. The van der Waals surface area contributed by atoms with Crippen LogP contribution in [0.15, 0.2) is 29.3 Å². The molecule has 0 bridgehead atoms. The molecule has 0 atom stereocenters. The van der Waals surface area contributed by atoms with Crippen LogP contribution in [0.5, 0.6) is 0 Å². The summed E-state index contributed by atoms with van der Waals surface area (Å²) >= 11 is 0. The first-order valence-electron chi connectivity index (χ1n) is 4.11. The average molecular weight is 175 g/mol. The van der Waals surface area contributed by atoms with Crippen LogP contribution in [0.1, 0.15) is 15.9 Å². The van der Waals surface area contributed by atoms with Crippen molar-refractivity contribution in [3.63, 3.8) is 0 Å². The number of hydrogen-bond donors (Lipinski definition) is 1. The second-order valence-corrected chi connectivity index (χ2v) is 2.98. The van der Waals surface area contributed by atoms with Gasteiger partial charge in [0.05, 0.1) is 12.3 Å².